The zero-order valence-electron chi connectivity index (χ0n) is 15.2. The molecule has 1 atom stereocenters. The van der Waals surface area contributed by atoms with Crippen LogP contribution < -0.4 is 4.90 Å². The number of nitrogens with zero attached hydrogens (tertiary/aromatic N) is 1. The average Bonchev–Trinajstić information content (AvgIpc) is 2.54. The molecule has 0 aromatic heterocycles. The SMILES string of the molecule is CCCN(CCCl)c1ccc(C[C@H](CC(=O)OC(C)C)C(=O)O)cc1. The van der Waals surface area contributed by atoms with Gasteiger partial charge in [0.25, 0.3) is 0 Å². The van der Waals surface area contributed by atoms with Crippen LogP contribution >= 0.6 is 11.6 Å². The van der Waals surface area contributed by atoms with Gasteiger partial charge < -0.3 is 14.7 Å². The monoisotopic (exact) mass is 369 g/mol. The zero-order chi connectivity index (χ0) is 18.8. The van der Waals surface area contributed by atoms with Gasteiger partial charge in [0.2, 0.25) is 0 Å². The molecule has 0 amide bonds. The van der Waals surface area contributed by atoms with Crippen molar-refractivity contribution in [3.8, 4) is 0 Å². The first-order valence-corrected chi connectivity index (χ1v) is 9.22. The summed E-state index contributed by atoms with van der Waals surface area (Å²) in [4.78, 5) is 25.4. The smallest absolute Gasteiger partial charge is 0.307 e. The summed E-state index contributed by atoms with van der Waals surface area (Å²) in [6, 6.07) is 7.78. The van der Waals surface area contributed by atoms with Crippen LogP contribution in [0.1, 0.15) is 39.2 Å². The third-order valence-electron chi connectivity index (χ3n) is 3.76. The quantitative estimate of drug-likeness (QED) is 0.475. The standard InChI is InChI=1S/C19H28ClNO4/c1-4-10-21(11-9-20)17-7-5-15(6-8-17)12-16(19(23)24)13-18(22)25-14(2)3/h5-8,14,16H,4,9-13H2,1-3H3,(H,23,24)/t16-/m1/s1. The summed E-state index contributed by atoms with van der Waals surface area (Å²) in [5.74, 6) is -1.69. The van der Waals surface area contributed by atoms with E-state index in [0.29, 0.717) is 12.3 Å². The number of esters is 1. The molecule has 0 aliphatic rings. The highest BCUT2D eigenvalue weighted by Gasteiger charge is 2.23. The summed E-state index contributed by atoms with van der Waals surface area (Å²) in [5, 5.41) is 9.37. The number of anilines is 1. The molecule has 0 aliphatic carbocycles. The number of ether oxygens (including phenoxy) is 1. The number of aliphatic carboxylic acids is 1. The molecule has 1 aromatic carbocycles. The van der Waals surface area contributed by atoms with Crippen LogP contribution in [0.25, 0.3) is 0 Å². The Kier molecular flexibility index (Phi) is 9.35. The van der Waals surface area contributed by atoms with Crippen molar-refractivity contribution in [2.75, 3.05) is 23.9 Å². The minimum Gasteiger partial charge on any atom is -0.481 e. The maximum atomic E-state index is 11.7. The van der Waals surface area contributed by atoms with Gasteiger partial charge in [-0.1, -0.05) is 19.1 Å². The molecular weight excluding hydrogens is 342 g/mol. The fraction of sp³-hybridized carbons (Fsp3) is 0.579. The molecule has 0 radical (unpaired) electrons. The van der Waals surface area contributed by atoms with Crippen LogP contribution in [0.5, 0.6) is 0 Å². The van der Waals surface area contributed by atoms with Gasteiger partial charge >= 0.3 is 11.9 Å². The number of alkyl halides is 1. The summed E-state index contributed by atoms with van der Waals surface area (Å²) < 4.78 is 5.05. The molecule has 1 aromatic rings. The van der Waals surface area contributed by atoms with Gasteiger partial charge in [-0.15, -0.1) is 11.6 Å². The highest BCUT2D eigenvalue weighted by molar-refractivity contribution is 6.18. The van der Waals surface area contributed by atoms with Crippen LogP contribution in [0, 0.1) is 5.92 Å². The molecule has 0 unspecified atom stereocenters. The number of carbonyl (C=O) groups is 2. The van der Waals surface area contributed by atoms with Gasteiger partial charge in [0, 0.05) is 24.7 Å². The number of carbonyl (C=O) groups excluding carboxylic acids is 1. The zero-order valence-corrected chi connectivity index (χ0v) is 16.0. The van der Waals surface area contributed by atoms with Gasteiger partial charge in [0.05, 0.1) is 18.4 Å². The van der Waals surface area contributed by atoms with Crippen molar-refractivity contribution in [1.29, 1.82) is 0 Å². The lowest BCUT2D eigenvalue weighted by Crippen LogP contribution is -2.26. The van der Waals surface area contributed by atoms with E-state index in [0.717, 1.165) is 30.8 Å². The molecule has 0 saturated carbocycles. The minimum absolute atomic E-state index is 0.122. The predicted molar refractivity (Wildman–Crippen MR) is 100 cm³/mol. The highest BCUT2D eigenvalue weighted by Crippen LogP contribution is 2.19. The van der Waals surface area contributed by atoms with Crippen LogP contribution in [-0.2, 0) is 20.7 Å². The first-order chi connectivity index (χ1) is 11.9. The van der Waals surface area contributed by atoms with Gasteiger partial charge in [-0.3, -0.25) is 9.59 Å². The van der Waals surface area contributed by atoms with Crippen LogP contribution in [0.2, 0.25) is 0 Å². The van der Waals surface area contributed by atoms with Crippen molar-refractivity contribution in [1.82, 2.24) is 0 Å². The lowest BCUT2D eigenvalue weighted by Gasteiger charge is -2.23. The van der Waals surface area contributed by atoms with E-state index >= 15 is 0 Å². The molecule has 0 spiro atoms. The Hall–Kier alpha value is -1.75. The van der Waals surface area contributed by atoms with Crippen molar-refractivity contribution in [2.45, 2.75) is 46.1 Å². The van der Waals surface area contributed by atoms with E-state index in [1.165, 1.54) is 0 Å². The van der Waals surface area contributed by atoms with Crippen LogP contribution in [-0.4, -0.2) is 42.1 Å². The maximum absolute atomic E-state index is 11.7. The summed E-state index contributed by atoms with van der Waals surface area (Å²) >= 11 is 5.85. The van der Waals surface area contributed by atoms with Crippen molar-refractivity contribution < 1.29 is 19.4 Å². The predicted octanol–water partition coefficient (Wildman–Crippen LogP) is 3.73. The van der Waals surface area contributed by atoms with E-state index in [4.69, 9.17) is 16.3 Å². The molecule has 5 nitrogen and oxygen atoms in total. The van der Waals surface area contributed by atoms with Gasteiger partial charge in [-0.25, -0.2) is 0 Å². The molecule has 6 heteroatoms. The summed E-state index contributed by atoms with van der Waals surface area (Å²) in [5.41, 5.74) is 1.95. The molecular formula is C19H28ClNO4. The van der Waals surface area contributed by atoms with E-state index in [1.807, 2.05) is 24.3 Å². The van der Waals surface area contributed by atoms with Crippen LogP contribution in [0.4, 0.5) is 5.69 Å². The molecule has 25 heavy (non-hydrogen) atoms. The third kappa shape index (κ3) is 7.78. The number of hydrogen-bond acceptors (Lipinski definition) is 4. The molecule has 0 saturated heterocycles. The molecule has 0 fully saturated rings. The first kappa shape index (κ1) is 21.3. The van der Waals surface area contributed by atoms with Crippen LogP contribution in [0.15, 0.2) is 24.3 Å². The van der Waals surface area contributed by atoms with Gasteiger partial charge in [0.1, 0.15) is 0 Å². The number of carboxylic acid groups (broad SMARTS) is 1. The van der Waals surface area contributed by atoms with Gasteiger partial charge in [-0.2, -0.15) is 0 Å². The largest absolute Gasteiger partial charge is 0.481 e. The Bertz CT molecular complexity index is 539. The molecule has 1 rings (SSSR count). The first-order valence-electron chi connectivity index (χ1n) is 8.69. The van der Waals surface area contributed by atoms with Gasteiger partial charge in [-0.05, 0) is 44.4 Å². The maximum Gasteiger partial charge on any atom is 0.307 e. The van der Waals surface area contributed by atoms with Gasteiger partial charge in [0.15, 0.2) is 0 Å². The van der Waals surface area contributed by atoms with E-state index < -0.39 is 17.9 Å². The minimum atomic E-state index is -0.987. The molecule has 0 bridgehead atoms. The fourth-order valence-electron chi connectivity index (χ4n) is 2.63. The second-order valence-electron chi connectivity index (χ2n) is 6.32. The van der Waals surface area contributed by atoms with Crippen molar-refractivity contribution in [3.63, 3.8) is 0 Å². The molecule has 0 aliphatic heterocycles. The topological polar surface area (TPSA) is 66.8 Å². The highest BCUT2D eigenvalue weighted by atomic mass is 35.5. The number of carboxylic acids is 1. The summed E-state index contributed by atoms with van der Waals surface area (Å²) in [7, 11) is 0. The second kappa shape index (κ2) is 11.0. The lowest BCUT2D eigenvalue weighted by molar-refractivity contribution is -0.154. The van der Waals surface area contributed by atoms with Crippen molar-refractivity contribution in [3.05, 3.63) is 29.8 Å². The summed E-state index contributed by atoms with van der Waals surface area (Å²) in [6.45, 7) is 7.30. The normalized spacial score (nSPS) is 12.0. The number of halogens is 1. The Morgan fingerprint density at radius 1 is 1.20 bits per heavy atom. The second-order valence-corrected chi connectivity index (χ2v) is 6.70. The van der Waals surface area contributed by atoms with E-state index in [2.05, 4.69) is 11.8 Å². The Morgan fingerprint density at radius 3 is 2.32 bits per heavy atom. The van der Waals surface area contributed by atoms with Crippen molar-refractivity contribution in [2.24, 2.45) is 5.92 Å². The van der Waals surface area contributed by atoms with E-state index in [9.17, 15) is 14.7 Å². The fourth-order valence-corrected chi connectivity index (χ4v) is 2.83. The molecule has 0 heterocycles. The number of hydrogen-bond donors (Lipinski definition) is 1. The van der Waals surface area contributed by atoms with Crippen molar-refractivity contribution >= 4 is 29.2 Å². The number of benzene rings is 1. The van der Waals surface area contributed by atoms with E-state index in [-0.39, 0.29) is 12.5 Å². The summed E-state index contributed by atoms with van der Waals surface area (Å²) in [6.07, 6.45) is 0.959. The molecule has 1 N–H and O–H groups in total. The van der Waals surface area contributed by atoms with Crippen LogP contribution in [0.3, 0.4) is 0 Å². The Labute approximate surface area is 154 Å². The van der Waals surface area contributed by atoms with E-state index in [1.54, 1.807) is 13.8 Å². The number of rotatable bonds is 11. The average molecular weight is 370 g/mol. The molecule has 140 valence electrons. The Balaban J connectivity index is 2.75. The Morgan fingerprint density at radius 2 is 1.84 bits per heavy atom. The lowest BCUT2D eigenvalue weighted by atomic mass is 9.96. The third-order valence-corrected chi connectivity index (χ3v) is 3.93.